The van der Waals surface area contributed by atoms with Crippen molar-refractivity contribution >= 4 is 11.0 Å². The Morgan fingerprint density at radius 1 is 1.25 bits per heavy atom. The van der Waals surface area contributed by atoms with Crippen molar-refractivity contribution in [3.8, 4) is 11.8 Å². The van der Waals surface area contributed by atoms with Crippen LogP contribution in [0.2, 0.25) is 0 Å². The Morgan fingerprint density at radius 3 is 2.75 bits per heavy atom. The highest BCUT2D eigenvalue weighted by atomic mass is 14.8. The molecule has 16 heavy (non-hydrogen) atoms. The molecule has 1 heterocycles. The number of hydrogen-bond donors (Lipinski definition) is 1. The minimum absolute atomic E-state index is 0.0566. The van der Waals surface area contributed by atoms with Crippen molar-refractivity contribution in [2.24, 2.45) is 5.73 Å². The van der Waals surface area contributed by atoms with Gasteiger partial charge in [0.15, 0.2) is 0 Å². The number of rotatable bonds is 2. The molecule has 0 saturated carbocycles. The molecule has 0 fully saturated rings. The predicted molar refractivity (Wildman–Crippen MR) is 64.5 cm³/mol. The van der Waals surface area contributed by atoms with E-state index in [1.54, 1.807) is 12.4 Å². The van der Waals surface area contributed by atoms with Crippen LogP contribution in [-0.4, -0.2) is 9.97 Å². The largest absolute Gasteiger partial charge is 0.323 e. The summed E-state index contributed by atoms with van der Waals surface area (Å²) in [5.41, 5.74) is 8.84. The first kappa shape index (κ1) is 10.6. The third-order valence-corrected chi connectivity index (χ3v) is 2.42. The summed E-state index contributed by atoms with van der Waals surface area (Å²) in [4.78, 5) is 8.46. The smallest absolute Gasteiger partial charge is 0.0890 e. The van der Waals surface area contributed by atoms with Crippen molar-refractivity contribution in [1.29, 1.82) is 0 Å². The van der Waals surface area contributed by atoms with E-state index in [0.29, 0.717) is 6.42 Å². The second-order valence-electron chi connectivity index (χ2n) is 3.54. The molecule has 0 aliphatic rings. The maximum absolute atomic E-state index is 6.02. The number of aromatic nitrogens is 2. The molecular weight excluding hydrogens is 198 g/mol. The fourth-order valence-electron chi connectivity index (χ4n) is 1.54. The van der Waals surface area contributed by atoms with Crippen molar-refractivity contribution < 1.29 is 0 Å². The van der Waals surface area contributed by atoms with E-state index >= 15 is 0 Å². The molecule has 0 saturated heterocycles. The molecule has 2 aromatic rings. The van der Waals surface area contributed by atoms with E-state index in [-0.39, 0.29) is 6.04 Å². The standard InChI is InChI=1S/C13H13N3/c1-2-3-4-11(14)10-5-6-12-13(9-10)16-8-7-15-12/h5-9,11H,4,14H2,1H3. The molecular formula is C13H13N3. The Bertz CT molecular complexity index is 552. The molecule has 2 N–H and O–H groups in total. The average Bonchev–Trinajstić information content (AvgIpc) is 2.35. The number of hydrogen-bond acceptors (Lipinski definition) is 3. The number of benzene rings is 1. The van der Waals surface area contributed by atoms with Gasteiger partial charge in [0.2, 0.25) is 0 Å². The number of fused-ring (bicyclic) bond motifs is 1. The van der Waals surface area contributed by atoms with Gasteiger partial charge < -0.3 is 5.73 Å². The first-order chi connectivity index (χ1) is 7.81. The lowest BCUT2D eigenvalue weighted by Gasteiger charge is -2.08. The molecule has 1 unspecified atom stereocenters. The summed E-state index contributed by atoms with van der Waals surface area (Å²) in [7, 11) is 0. The Morgan fingerprint density at radius 2 is 2.00 bits per heavy atom. The fraction of sp³-hybridized carbons (Fsp3) is 0.231. The van der Waals surface area contributed by atoms with Gasteiger partial charge >= 0.3 is 0 Å². The van der Waals surface area contributed by atoms with E-state index in [1.165, 1.54) is 0 Å². The van der Waals surface area contributed by atoms with Crippen LogP contribution in [-0.2, 0) is 0 Å². The molecule has 0 radical (unpaired) electrons. The van der Waals surface area contributed by atoms with Crippen LogP contribution in [0, 0.1) is 11.8 Å². The van der Waals surface area contributed by atoms with Gasteiger partial charge in [0, 0.05) is 24.9 Å². The maximum atomic E-state index is 6.02. The second-order valence-corrected chi connectivity index (χ2v) is 3.54. The van der Waals surface area contributed by atoms with E-state index in [2.05, 4.69) is 21.8 Å². The number of nitrogens with zero attached hydrogens (tertiary/aromatic N) is 2. The lowest BCUT2D eigenvalue weighted by Crippen LogP contribution is -2.09. The highest BCUT2D eigenvalue weighted by molar-refractivity contribution is 5.74. The molecule has 2 rings (SSSR count). The summed E-state index contributed by atoms with van der Waals surface area (Å²) >= 11 is 0. The van der Waals surface area contributed by atoms with E-state index in [1.807, 2.05) is 25.1 Å². The van der Waals surface area contributed by atoms with Crippen molar-refractivity contribution in [2.75, 3.05) is 0 Å². The van der Waals surface area contributed by atoms with Gasteiger partial charge in [-0.3, -0.25) is 9.97 Å². The van der Waals surface area contributed by atoms with Crippen LogP contribution in [0.4, 0.5) is 0 Å². The van der Waals surface area contributed by atoms with Crippen molar-refractivity contribution in [1.82, 2.24) is 9.97 Å². The summed E-state index contributed by atoms with van der Waals surface area (Å²) in [6.07, 6.45) is 4.04. The van der Waals surface area contributed by atoms with E-state index in [4.69, 9.17) is 5.73 Å². The zero-order chi connectivity index (χ0) is 11.4. The zero-order valence-electron chi connectivity index (χ0n) is 9.14. The van der Waals surface area contributed by atoms with E-state index < -0.39 is 0 Å². The average molecular weight is 211 g/mol. The van der Waals surface area contributed by atoms with E-state index in [0.717, 1.165) is 16.6 Å². The Labute approximate surface area is 94.7 Å². The van der Waals surface area contributed by atoms with Crippen LogP contribution in [0.15, 0.2) is 30.6 Å². The van der Waals surface area contributed by atoms with Gasteiger partial charge in [-0.05, 0) is 24.6 Å². The van der Waals surface area contributed by atoms with Gasteiger partial charge in [0.25, 0.3) is 0 Å². The van der Waals surface area contributed by atoms with Gasteiger partial charge in [-0.25, -0.2) is 0 Å². The Hall–Kier alpha value is -1.92. The van der Waals surface area contributed by atoms with Crippen LogP contribution >= 0.6 is 0 Å². The van der Waals surface area contributed by atoms with Crippen LogP contribution < -0.4 is 5.73 Å². The summed E-state index contributed by atoms with van der Waals surface area (Å²) < 4.78 is 0. The van der Waals surface area contributed by atoms with Crippen LogP contribution in [0.3, 0.4) is 0 Å². The normalized spacial score (nSPS) is 11.9. The van der Waals surface area contributed by atoms with Crippen molar-refractivity contribution in [3.05, 3.63) is 36.2 Å². The van der Waals surface area contributed by atoms with Crippen LogP contribution in [0.1, 0.15) is 24.9 Å². The van der Waals surface area contributed by atoms with Gasteiger partial charge in [-0.2, -0.15) is 0 Å². The predicted octanol–water partition coefficient (Wildman–Crippen LogP) is 2.04. The third-order valence-electron chi connectivity index (χ3n) is 2.42. The molecule has 0 aliphatic carbocycles. The Kier molecular flexibility index (Phi) is 3.13. The molecule has 0 amide bonds. The van der Waals surface area contributed by atoms with Gasteiger partial charge in [0.1, 0.15) is 0 Å². The summed E-state index contributed by atoms with van der Waals surface area (Å²) in [6.45, 7) is 1.82. The molecule has 0 bridgehead atoms. The minimum Gasteiger partial charge on any atom is -0.323 e. The van der Waals surface area contributed by atoms with Gasteiger partial charge in [-0.15, -0.1) is 11.8 Å². The summed E-state index contributed by atoms with van der Waals surface area (Å²) in [5, 5.41) is 0. The van der Waals surface area contributed by atoms with Gasteiger partial charge in [-0.1, -0.05) is 6.07 Å². The fourth-order valence-corrected chi connectivity index (χ4v) is 1.54. The molecule has 3 heteroatoms. The molecule has 80 valence electrons. The summed E-state index contributed by atoms with van der Waals surface area (Å²) in [6, 6.07) is 5.85. The second kappa shape index (κ2) is 4.73. The van der Waals surface area contributed by atoms with Crippen molar-refractivity contribution in [3.63, 3.8) is 0 Å². The van der Waals surface area contributed by atoms with E-state index in [9.17, 15) is 0 Å². The monoisotopic (exact) mass is 211 g/mol. The molecule has 1 atom stereocenters. The molecule has 1 aromatic heterocycles. The maximum Gasteiger partial charge on any atom is 0.0890 e. The molecule has 0 aliphatic heterocycles. The SMILES string of the molecule is CC#CCC(N)c1ccc2nccnc2c1. The zero-order valence-corrected chi connectivity index (χ0v) is 9.14. The molecule has 0 spiro atoms. The molecule has 3 nitrogen and oxygen atoms in total. The van der Waals surface area contributed by atoms with Crippen molar-refractivity contribution in [2.45, 2.75) is 19.4 Å². The molecule has 1 aromatic carbocycles. The van der Waals surface area contributed by atoms with Crippen LogP contribution in [0.5, 0.6) is 0 Å². The summed E-state index contributed by atoms with van der Waals surface area (Å²) in [5.74, 6) is 5.83. The highest BCUT2D eigenvalue weighted by Crippen LogP contribution is 2.17. The van der Waals surface area contributed by atoms with Crippen LogP contribution in [0.25, 0.3) is 11.0 Å². The third kappa shape index (κ3) is 2.18. The quantitative estimate of drug-likeness (QED) is 0.773. The van der Waals surface area contributed by atoms with Gasteiger partial charge in [0.05, 0.1) is 11.0 Å². The Balaban J connectivity index is 2.34. The number of nitrogens with two attached hydrogens (primary N) is 1. The lowest BCUT2D eigenvalue weighted by atomic mass is 10.0. The minimum atomic E-state index is -0.0566. The lowest BCUT2D eigenvalue weighted by molar-refractivity contribution is 0.755. The topological polar surface area (TPSA) is 51.8 Å². The first-order valence-electron chi connectivity index (χ1n) is 5.17. The first-order valence-corrected chi connectivity index (χ1v) is 5.17. The highest BCUT2D eigenvalue weighted by Gasteiger charge is 2.05.